The summed E-state index contributed by atoms with van der Waals surface area (Å²) in [7, 11) is 0. The lowest BCUT2D eigenvalue weighted by atomic mass is 9.94. The van der Waals surface area contributed by atoms with Crippen LogP contribution in [0, 0.1) is 26.7 Å². The first-order valence-electron chi connectivity index (χ1n) is 14.5. The summed E-state index contributed by atoms with van der Waals surface area (Å²) < 4.78 is 11.3. The summed E-state index contributed by atoms with van der Waals surface area (Å²) in [5.41, 5.74) is 7.93. The van der Waals surface area contributed by atoms with Crippen molar-refractivity contribution in [3.05, 3.63) is 124 Å². The second-order valence-electron chi connectivity index (χ2n) is 11.3. The van der Waals surface area contributed by atoms with E-state index in [9.17, 15) is 9.59 Å². The Morgan fingerprint density at radius 1 is 0.860 bits per heavy atom. The Kier molecular flexibility index (Phi) is 8.86. The Bertz CT molecular complexity index is 1760. The van der Waals surface area contributed by atoms with Gasteiger partial charge in [-0.25, -0.2) is 9.78 Å². The average Bonchev–Trinajstić information content (AvgIpc) is 2.99. The summed E-state index contributed by atoms with van der Waals surface area (Å²) >= 11 is 0. The number of esters is 1. The number of nitrogens with zero attached hydrogens (tertiary/aromatic N) is 1. The fraction of sp³-hybridized carbons (Fsp3) is 0.216. The second-order valence-corrected chi connectivity index (χ2v) is 11.3. The Morgan fingerprint density at radius 3 is 2.23 bits per heavy atom. The normalized spacial score (nSPS) is 11.0. The smallest absolute Gasteiger partial charge is 0.338 e. The molecule has 0 aliphatic rings. The predicted molar refractivity (Wildman–Crippen MR) is 172 cm³/mol. The van der Waals surface area contributed by atoms with Crippen LogP contribution in [0.2, 0.25) is 0 Å². The van der Waals surface area contributed by atoms with Crippen molar-refractivity contribution in [2.24, 2.45) is 5.92 Å². The van der Waals surface area contributed by atoms with Gasteiger partial charge in [-0.3, -0.25) is 4.79 Å². The number of benzene rings is 4. The third kappa shape index (κ3) is 6.92. The van der Waals surface area contributed by atoms with Crippen molar-refractivity contribution in [2.75, 3.05) is 11.9 Å². The number of carbonyl (C=O) groups is 2. The SMILES string of the molecule is Cc1cc(C)c2nc(-c3ccc(OCc4ccccc4)cc3)c(C)c(C(=O)Nc3ccc(C(=O)OCC(C)C)cc3)c2c1. The van der Waals surface area contributed by atoms with Gasteiger partial charge in [0, 0.05) is 16.6 Å². The van der Waals surface area contributed by atoms with Crippen LogP contribution in [0.5, 0.6) is 5.75 Å². The van der Waals surface area contributed by atoms with Crippen LogP contribution in [0.3, 0.4) is 0 Å². The summed E-state index contributed by atoms with van der Waals surface area (Å²) in [5.74, 6) is 0.389. The molecular weight excluding hydrogens is 536 g/mol. The number of rotatable bonds is 9. The molecule has 5 aromatic rings. The maximum atomic E-state index is 13.9. The van der Waals surface area contributed by atoms with Gasteiger partial charge in [-0.15, -0.1) is 0 Å². The molecule has 0 spiro atoms. The molecule has 6 nitrogen and oxygen atoms in total. The van der Waals surface area contributed by atoms with Gasteiger partial charge in [0.15, 0.2) is 0 Å². The highest BCUT2D eigenvalue weighted by Gasteiger charge is 2.21. The number of hydrogen-bond donors (Lipinski definition) is 1. The molecular formula is C37H36N2O4. The standard InChI is InChI=1S/C37H36N2O4/c1-23(2)21-43-37(41)29-11-15-30(16-12-29)38-36(40)33-26(5)35(39-34-25(4)19-24(3)20-32(33)34)28-13-17-31(18-14-28)42-22-27-9-7-6-8-10-27/h6-20,23H,21-22H2,1-5H3,(H,38,40). The fourth-order valence-electron chi connectivity index (χ4n) is 5.05. The number of aryl methyl sites for hydroxylation is 2. The molecule has 43 heavy (non-hydrogen) atoms. The third-order valence-electron chi connectivity index (χ3n) is 7.20. The maximum Gasteiger partial charge on any atom is 0.338 e. The number of hydrogen-bond acceptors (Lipinski definition) is 5. The van der Waals surface area contributed by atoms with Crippen LogP contribution in [-0.4, -0.2) is 23.5 Å². The number of anilines is 1. The highest BCUT2D eigenvalue weighted by atomic mass is 16.5. The fourth-order valence-corrected chi connectivity index (χ4v) is 5.05. The van der Waals surface area contributed by atoms with Crippen molar-refractivity contribution in [2.45, 2.75) is 41.2 Å². The van der Waals surface area contributed by atoms with Gasteiger partial charge < -0.3 is 14.8 Å². The molecule has 1 heterocycles. The van der Waals surface area contributed by atoms with E-state index in [0.717, 1.165) is 50.2 Å². The minimum absolute atomic E-state index is 0.242. The van der Waals surface area contributed by atoms with Gasteiger partial charge in [-0.05, 0) is 98.0 Å². The van der Waals surface area contributed by atoms with Crippen molar-refractivity contribution in [1.82, 2.24) is 4.98 Å². The van der Waals surface area contributed by atoms with E-state index in [-0.39, 0.29) is 17.8 Å². The van der Waals surface area contributed by atoms with E-state index in [1.165, 1.54) is 0 Å². The van der Waals surface area contributed by atoms with E-state index < -0.39 is 0 Å². The van der Waals surface area contributed by atoms with Crippen LogP contribution in [0.1, 0.15) is 56.8 Å². The number of carbonyl (C=O) groups excluding carboxylic acids is 2. The lowest BCUT2D eigenvalue weighted by Crippen LogP contribution is -2.16. The van der Waals surface area contributed by atoms with Gasteiger partial charge in [-0.1, -0.05) is 55.8 Å². The van der Waals surface area contributed by atoms with Crippen LogP contribution in [-0.2, 0) is 11.3 Å². The predicted octanol–water partition coefficient (Wildman–Crippen LogP) is 8.47. The first kappa shape index (κ1) is 29.5. The molecule has 0 bridgehead atoms. The summed E-state index contributed by atoms with van der Waals surface area (Å²) in [6.07, 6.45) is 0. The van der Waals surface area contributed by atoms with E-state index >= 15 is 0 Å². The lowest BCUT2D eigenvalue weighted by Gasteiger charge is -2.17. The molecule has 0 aliphatic heterocycles. The van der Waals surface area contributed by atoms with Gasteiger partial charge >= 0.3 is 5.97 Å². The molecule has 0 unspecified atom stereocenters. The summed E-state index contributed by atoms with van der Waals surface area (Å²) in [4.78, 5) is 31.3. The van der Waals surface area contributed by atoms with Crippen LogP contribution in [0.25, 0.3) is 22.2 Å². The maximum absolute atomic E-state index is 13.9. The van der Waals surface area contributed by atoms with Crippen molar-refractivity contribution in [1.29, 1.82) is 0 Å². The van der Waals surface area contributed by atoms with Crippen molar-refractivity contribution in [3.63, 3.8) is 0 Å². The Labute approximate surface area is 252 Å². The zero-order valence-electron chi connectivity index (χ0n) is 25.2. The van der Waals surface area contributed by atoms with E-state index in [2.05, 4.69) is 11.4 Å². The monoisotopic (exact) mass is 572 g/mol. The largest absolute Gasteiger partial charge is 0.489 e. The number of amides is 1. The highest BCUT2D eigenvalue weighted by Crippen LogP contribution is 2.33. The molecule has 0 saturated carbocycles. The van der Waals surface area contributed by atoms with Gasteiger partial charge in [-0.2, -0.15) is 0 Å². The summed E-state index contributed by atoms with van der Waals surface area (Å²) in [5, 5.41) is 3.83. The number of pyridine rings is 1. The number of fused-ring (bicyclic) bond motifs is 1. The van der Waals surface area contributed by atoms with Crippen molar-refractivity contribution in [3.8, 4) is 17.0 Å². The van der Waals surface area contributed by atoms with Gasteiger partial charge in [0.2, 0.25) is 0 Å². The van der Waals surface area contributed by atoms with E-state index in [1.54, 1.807) is 24.3 Å². The van der Waals surface area contributed by atoms with E-state index in [0.29, 0.717) is 30.0 Å². The third-order valence-corrected chi connectivity index (χ3v) is 7.20. The minimum atomic E-state index is -0.380. The minimum Gasteiger partial charge on any atom is -0.489 e. The van der Waals surface area contributed by atoms with Crippen molar-refractivity contribution >= 4 is 28.5 Å². The molecule has 1 amide bonds. The van der Waals surface area contributed by atoms with Crippen molar-refractivity contribution < 1.29 is 19.1 Å². The molecule has 0 radical (unpaired) electrons. The Morgan fingerprint density at radius 2 is 1.56 bits per heavy atom. The van der Waals surface area contributed by atoms with Crippen LogP contribution >= 0.6 is 0 Å². The second kappa shape index (κ2) is 12.9. The molecule has 1 N–H and O–H groups in total. The molecule has 5 rings (SSSR count). The molecule has 1 aromatic heterocycles. The lowest BCUT2D eigenvalue weighted by molar-refractivity contribution is 0.0459. The Hall–Kier alpha value is -4.97. The molecule has 0 atom stereocenters. The highest BCUT2D eigenvalue weighted by molar-refractivity contribution is 6.15. The van der Waals surface area contributed by atoms with E-state index in [4.69, 9.17) is 14.5 Å². The van der Waals surface area contributed by atoms with Gasteiger partial charge in [0.05, 0.1) is 28.9 Å². The topological polar surface area (TPSA) is 77.5 Å². The molecule has 218 valence electrons. The van der Waals surface area contributed by atoms with Gasteiger partial charge in [0.25, 0.3) is 5.91 Å². The quantitative estimate of drug-likeness (QED) is 0.179. The molecule has 0 aliphatic carbocycles. The van der Waals surface area contributed by atoms with Crippen LogP contribution < -0.4 is 10.1 Å². The number of nitrogens with one attached hydrogen (secondary N) is 1. The Balaban J connectivity index is 1.44. The number of ether oxygens (including phenoxy) is 2. The molecule has 0 saturated heterocycles. The molecule has 0 fully saturated rings. The summed E-state index contributed by atoms with van der Waals surface area (Å²) in [6, 6.07) is 28.7. The first-order chi connectivity index (χ1) is 20.7. The molecule has 6 heteroatoms. The van der Waals surface area contributed by atoms with Crippen LogP contribution in [0.4, 0.5) is 5.69 Å². The zero-order chi connectivity index (χ0) is 30.5. The number of aromatic nitrogens is 1. The van der Waals surface area contributed by atoms with Crippen LogP contribution in [0.15, 0.2) is 91.0 Å². The zero-order valence-corrected chi connectivity index (χ0v) is 25.2. The summed E-state index contributed by atoms with van der Waals surface area (Å²) in [6.45, 7) is 10.8. The molecule has 4 aromatic carbocycles. The first-order valence-corrected chi connectivity index (χ1v) is 14.5. The van der Waals surface area contributed by atoms with E-state index in [1.807, 2.05) is 95.3 Å². The average molecular weight is 573 g/mol. The van der Waals surface area contributed by atoms with Gasteiger partial charge in [0.1, 0.15) is 12.4 Å².